The normalized spacial score (nSPS) is 11.6. The van der Waals surface area contributed by atoms with Crippen LogP contribution in [0.25, 0.3) is 6.08 Å². The van der Waals surface area contributed by atoms with E-state index in [0.717, 1.165) is 11.8 Å². The van der Waals surface area contributed by atoms with Crippen molar-refractivity contribution in [2.45, 2.75) is 13.3 Å². The van der Waals surface area contributed by atoms with Crippen LogP contribution in [0.5, 0.6) is 0 Å². The summed E-state index contributed by atoms with van der Waals surface area (Å²) in [6, 6.07) is 8.65. The van der Waals surface area contributed by atoms with E-state index in [4.69, 9.17) is 0 Å². The fourth-order valence-corrected chi connectivity index (χ4v) is 1.38. The van der Waals surface area contributed by atoms with E-state index < -0.39 is 0 Å². The number of rotatable bonds is 4. The van der Waals surface area contributed by atoms with Crippen molar-refractivity contribution in [3.8, 4) is 0 Å². The molecular weight excluding hydrogens is 236 g/mol. The van der Waals surface area contributed by atoms with E-state index in [-0.39, 0.29) is 0 Å². The predicted octanol–water partition coefficient (Wildman–Crippen LogP) is 4.21. The number of allylic oxidation sites excluding steroid dienone is 3. The highest BCUT2D eigenvalue weighted by molar-refractivity contribution is 9.09. The zero-order valence-electron chi connectivity index (χ0n) is 8.41. The minimum atomic E-state index is 0.909. The Hall–Kier alpha value is -0.820. The highest BCUT2D eigenvalue weighted by Gasteiger charge is 1.87. The average Bonchev–Trinajstić information content (AvgIpc) is 2.25. The van der Waals surface area contributed by atoms with Crippen molar-refractivity contribution in [1.29, 1.82) is 0 Å². The molecule has 0 aliphatic rings. The fraction of sp³-hybridized carbons (Fsp3) is 0.231. The van der Waals surface area contributed by atoms with E-state index in [2.05, 4.69) is 65.3 Å². The maximum atomic E-state index is 3.33. The quantitative estimate of drug-likeness (QED) is 0.555. The monoisotopic (exact) mass is 250 g/mol. The second-order valence-corrected chi connectivity index (χ2v) is 3.68. The molecule has 1 aromatic carbocycles. The van der Waals surface area contributed by atoms with Crippen LogP contribution >= 0.6 is 15.9 Å². The molecule has 0 bridgehead atoms. The van der Waals surface area contributed by atoms with Gasteiger partial charge >= 0.3 is 0 Å². The topological polar surface area (TPSA) is 0 Å². The van der Waals surface area contributed by atoms with E-state index in [1.807, 2.05) is 6.08 Å². The minimum Gasteiger partial charge on any atom is -0.0883 e. The maximum absolute atomic E-state index is 3.33. The van der Waals surface area contributed by atoms with Crippen molar-refractivity contribution in [1.82, 2.24) is 0 Å². The summed E-state index contributed by atoms with van der Waals surface area (Å²) in [5.74, 6) is 0. The lowest BCUT2D eigenvalue weighted by Gasteiger charge is -1.96. The summed E-state index contributed by atoms with van der Waals surface area (Å²) in [5, 5.41) is 0.909. The number of hydrogen-bond acceptors (Lipinski definition) is 0. The van der Waals surface area contributed by atoms with Crippen molar-refractivity contribution in [2.24, 2.45) is 0 Å². The minimum absolute atomic E-state index is 0.909. The van der Waals surface area contributed by atoms with Gasteiger partial charge in [-0.05, 0) is 17.5 Å². The smallest absolute Gasteiger partial charge is 0.0215 e. The van der Waals surface area contributed by atoms with E-state index in [0.29, 0.717) is 0 Å². The molecule has 1 aromatic rings. The third-order valence-electron chi connectivity index (χ3n) is 2.01. The largest absolute Gasteiger partial charge is 0.0883 e. The van der Waals surface area contributed by atoms with E-state index in [9.17, 15) is 0 Å². The van der Waals surface area contributed by atoms with Gasteiger partial charge in [0.05, 0.1) is 0 Å². The molecule has 74 valence electrons. The number of hydrogen-bond donors (Lipinski definition) is 0. The van der Waals surface area contributed by atoms with Gasteiger partial charge in [-0.2, -0.15) is 0 Å². The molecular formula is C13H15Br. The molecule has 0 saturated heterocycles. The Labute approximate surface area is 94.5 Å². The molecule has 0 nitrogen and oxygen atoms in total. The van der Waals surface area contributed by atoms with Gasteiger partial charge in [0.1, 0.15) is 0 Å². The van der Waals surface area contributed by atoms with Gasteiger partial charge in [-0.15, -0.1) is 0 Å². The van der Waals surface area contributed by atoms with Gasteiger partial charge in [0, 0.05) is 5.33 Å². The molecule has 0 aromatic heterocycles. The lowest BCUT2D eigenvalue weighted by molar-refractivity contribution is 1.14. The van der Waals surface area contributed by atoms with Gasteiger partial charge in [0.2, 0.25) is 0 Å². The first-order chi connectivity index (χ1) is 6.86. The van der Waals surface area contributed by atoms with Gasteiger partial charge in [-0.25, -0.2) is 0 Å². The Balaban J connectivity index is 2.59. The molecule has 1 rings (SSSR count). The Morgan fingerprint density at radius 3 is 2.43 bits per heavy atom. The summed E-state index contributed by atoms with van der Waals surface area (Å²) in [5.41, 5.74) is 2.64. The summed E-state index contributed by atoms with van der Waals surface area (Å²) in [4.78, 5) is 0. The first-order valence-electron chi connectivity index (χ1n) is 4.85. The second kappa shape index (κ2) is 6.61. The molecule has 0 saturated carbocycles. The van der Waals surface area contributed by atoms with Gasteiger partial charge in [-0.1, -0.05) is 71.4 Å². The molecule has 0 aliphatic carbocycles. The lowest BCUT2D eigenvalue weighted by atomic mass is 10.1. The molecule has 0 fully saturated rings. The number of aryl methyl sites for hydroxylation is 1. The van der Waals surface area contributed by atoms with Crippen molar-refractivity contribution in [2.75, 3.05) is 5.33 Å². The summed E-state index contributed by atoms with van der Waals surface area (Å²) in [6.07, 6.45) is 9.38. The van der Waals surface area contributed by atoms with E-state index >= 15 is 0 Å². The van der Waals surface area contributed by atoms with Crippen molar-refractivity contribution in [3.05, 3.63) is 53.6 Å². The first-order valence-corrected chi connectivity index (χ1v) is 5.97. The van der Waals surface area contributed by atoms with Crippen LogP contribution in [0.3, 0.4) is 0 Å². The van der Waals surface area contributed by atoms with Crippen molar-refractivity contribution in [3.63, 3.8) is 0 Å². The van der Waals surface area contributed by atoms with Crippen LogP contribution < -0.4 is 0 Å². The molecule has 0 aliphatic heterocycles. The molecule has 0 atom stereocenters. The molecule has 14 heavy (non-hydrogen) atoms. The van der Waals surface area contributed by atoms with Gasteiger partial charge in [0.15, 0.2) is 0 Å². The summed E-state index contributed by atoms with van der Waals surface area (Å²) < 4.78 is 0. The third kappa shape index (κ3) is 3.93. The van der Waals surface area contributed by atoms with Crippen LogP contribution in [-0.2, 0) is 6.42 Å². The SMILES string of the molecule is CCc1ccc(/C=C/C=C/CBr)cc1. The van der Waals surface area contributed by atoms with Crippen LogP contribution in [0, 0.1) is 0 Å². The Morgan fingerprint density at radius 1 is 1.14 bits per heavy atom. The second-order valence-electron chi connectivity index (χ2n) is 3.04. The molecule has 0 radical (unpaired) electrons. The molecule has 0 unspecified atom stereocenters. The molecule has 1 heteroatoms. The zero-order chi connectivity index (χ0) is 10.2. The standard InChI is InChI=1S/C13H15Br/c1-2-12-7-9-13(10-8-12)6-4-3-5-11-14/h3-10H,2,11H2,1H3/b5-3+,6-4+. The summed E-state index contributed by atoms with van der Waals surface area (Å²) in [7, 11) is 0. The van der Waals surface area contributed by atoms with Crippen LogP contribution in [0.15, 0.2) is 42.5 Å². The zero-order valence-corrected chi connectivity index (χ0v) is 10.00. The van der Waals surface area contributed by atoms with Gasteiger partial charge in [-0.3, -0.25) is 0 Å². The summed E-state index contributed by atoms with van der Waals surface area (Å²) >= 11 is 3.33. The average molecular weight is 251 g/mol. The highest BCUT2D eigenvalue weighted by atomic mass is 79.9. The molecule has 0 N–H and O–H groups in total. The van der Waals surface area contributed by atoms with Crippen LogP contribution in [0.4, 0.5) is 0 Å². The fourth-order valence-electron chi connectivity index (χ4n) is 1.16. The number of halogens is 1. The summed E-state index contributed by atoms with van der Waals surface area (Å²) in [6.45, 7) is 2.17. The van der Waals surface area contributed by atoms with Crippen molar-refractivity contribution >= 4 is 22.0 Å². The molecule has 0 spiro atoms. The van der Waals surface area contributed by atoms with Crippen LogP contribution in [0.1, 0.15) is 18.1 Å². The molecule has 0 heterocycles. The maximum Gasteiger partial charge on any atom is 0.0215 e. The van der Waals surface area contributed by atoms with E-state index in [1.165, 1.54) is 11.1 Å². The lowest BCUT2D eigenvalue weighted by Crippen LogP contribution is -1.78. The molecule has 0 amide bonds. The number of alkyl halides is 1. The van der Waals surface area contributed by atoms with Crippen LogP contribution in [0.2, 0.25) is 0 Å². The van der Waals surface area contributed by atoms with Gasteiger partial charge in [0.25, 0.3) is 0 Å². The third-order valence-corrected chi connectivity index (χ3v) is 2.39. The highest BCUT2D eigenvalue weighted by Crippen LogP contribution is 2.06. The Kier molecular flexibility index (Phi) is 5.31. The van der Waals surface area contributed by atoms with E-state index in [1.54, 1.807) is 0 Å². The Morgan fingerprint density at radius 2 is 1.86 bits per heavy atom. The van der Waals surface area contributed by atoms with Gasteiger partial charge < -0.3 is 0 Å². The predicted molar refractivity (Wildman–Crippen MR) is 67.8 cm³/mol. The van der Waals surface area contributed by atoms with Crippen LogP contribution in [-0.4, -0.2) is 5.33 Å². The number of benzene rings is 1. The van der Waals surface area contributed by atoms with Crippen molar-refractivity contribution < 1.29 is 0 Å². The Bertz CT molecular complexity index is 307. The first kappa shape index (κ1) is 11.3.